The molecule has 0 aliphatic carbocycles. The molecule has 138 valence electrons. The van der Waals surface area contributed by atoms with Crippen molar-refractivity contribution in [1.29, 1.82) is 0 Å². The first-order valence-electron chi connectivity index (χ1n) is 8.78. The minimum Gasteiger partial charge on any atom is -0.461 e. The Morgan fingerprint density at radius 3 is 2.22 bits per heavy atom. The van der Waals surface area contributed by atoms with Crippen molar-refractivity contribution in [3.8, 4) is 22.4 Å². The van der Waals surface area contributed by atoms with E-state index in [0.29, 0.717) is 18.9 Å². The summed E-state index contributed by atoms with van der Waals surface area (Å²) in [5.41, 5.74) is 4.60. The SMILES string of the molecule is CCOC(=O)c1n[nH]nc1-c1ccc(-c2ccc(C3OCCO3)cc2)cc1. The Labute approximate surface area is 156 Å². The molecule has 3 aromatic rings. The molecule has 1 saturated heterocycles. The molecule has 0 spiro atoms. The Kier molecular flexibility index (Phi) is 4.95. The highest BCUT2D eigenvalue weighted by molar-refractivity contribution is 5.94. The van der Waals surface area contributed by atoms with Crippen molar-refractivity contribution in [1.82, 2.24) is 15.4 Å². The van der Waals surface area contributed by atoms with Crippen LogP contribution in [0.5, 0.6) is 0 Å². The van der Waals surface area contributed by atoms with Gasteiger partial charge in [-0.3, -0.25) is 0 Å². The number of aromatic nitrogens is 3. The first-order chi connectivity index (χ1) is 13.3. The Bertz CT molecular complexity index is 913. The van der Waals surface area contributed by atoms with E-state index in [9.17, 15) is 4.79 Å². The van der Waals surface area contributed by atoms with Crippen LogP contribution in [0, 0.1) is 0 Å². The summed E-state index contributed by atoms with van der Waals surface area (Å²) >= 11 is 0. The van der Waals surface area contributed by atoms with Crippen LogP contribution >= 0.6 is 0 Å². The molecule has 4 rings (SSSR count). The number of nitrogens with zero attached hydrogens (tertiary/aromatic N) is 2. The lowest BCUT2D eigenvalue weighted by atomic mass is 10.0. The number of esters is 1. The second-order valence-electron chi connectivity index (χ2n) is 6.01. The molecule has 0 amide bonds. The number of H-pyrrole nitrogens is 1. The fourth-order valence-corrected chi connectivity index (χ4v) is 2.98. The molecule has 1 N–H and O–H groups in total. The van der Waals surface area contributed by atoms with E-state index in [4.69, 9.17) is 14.2 Å². The summed E-state index contributed by atoms with van der Waals surface area (Å²) in [6.07, 6.45) is -0.269. The van der Waals surface area contributed by atoms with Gasteiger partial charge in [-0.05, 0) is 18.1 Å². The number of carbonyl (C=O) groups excluding carboxylic acids is 1. The van der Waals surface area contributed by atoms with Gasteiger partial charge in [0.1, 0.15) is 5.69 Å². The molecule has 1 aliphatic heterocycles. The summed E-state index contributed by atoms with van der Waals surface area (Å²) in [7, 11) is 0. The molecule has 0 radical (unpaired) electrons. The number of nitrogens with one attached hydrogen (secondary N) is 1. The first kappa shape index (κ1) is 17.4. The Hall–Kier alpha value is -3.03. The zero-order valence-corrected chi connectivity index (χ0v) is 14.8. The first-order valence-corrected chi connectivity index (χ1v) is 8.78. The van der Waals surface area contributed by atoms with Crippen molar-refractivity contribution in [3.05, 3.63) is 59.8 Å². The van der Waals surface area contributed by atoms with Crippen LogP contribution in [0.1, 0.15) is 29.3 Å². The lowest BCUT2D eigenvalue weighted by Crippen LogP contribution is -2.06. The molecule has 7 nitrogen and oxygen atoms in total. The highest BCUT2D eigenvalue weighted by Gasteiger charge is 2.19. The zero-order chi connectivity index (χ0) is 18.6. The summed E-state index contributed by atoms with van der Waals surface area (Å²) < 4.78 is 16.0. The minimum atomic E-state index is -0.489. The summed E-state index contributed by atoms with van der Waals surface area (Å²) in [5, 5.41) is 10.5. The molecular weight excluding hydrogens is 346 g/mol. The topological polar surface area (TPSA) is 86.3 Å². The molecule has 0 unspecified atom stereocenters. The maximum atomic E-state index is 12.0. The lowest BCUT2D eigenvalue weighted by molar-refractivity contribution is -0.0441. The largest absolute Gasteiger partial charge is 0.461 e. The summed E-state index contributed by atoms with van der Waals surface area (Å²) in [6.45, 7) is 3.30. The van der Waals surface area contributed by atoms with E-state index in [0.717, 1.165) is 22.3 Å². The van der Waals surface area contributed by atoms with E-state index < -0.39 is 5.97 Å². The van der Waals surface area contributed by atoms with E-state index >= 15 is 0 Å². The highest BCUT2D eigenvalue weighted by Crippen LogP contribution is 2.28. The van der Waals surface area contributed by atoms with Gasteiger partial charge in [-0.15, -0.1) is 5.10 Å². The van der Waals surface area contributed by atoms with Gasteiger partial charge < -0.3 is 14.2 Å². The molecule has 1 fully saturated rings. The highest BCUT2D eigenvalue weighted by atomic mass is 16.7. The van der Waals surface area contributed by atoms with Gasteiger partial charge in [0.15, 0.2) is 12.0 Å². The Morgan fingerprint density at radius 2 is 1.59 bits per heavy atom. The average molecular weight is 365 g/mol. The van der Waals surface area contributed by atoms with E-state index in [1.54, 1.807) is 6.92 Å². The van der Waals surface area contributed by atoms with Crippen molar-refractivity contribution >= 4 is 5.97 Å². The number of hydrogen-bond acceptors (Lipinski definition) is 6. The predicted molar refractivity (Wildman–Crippen MR) is 97.9 cm³/mol. The maximum absolute atomic E-state index is 12.0. The van der Waals surface area contributed by atoms with Crippen molar-refractivity contribution in [2.45, 2.75) is 13.2 Å². The summed E-state index contributed by atoms with van der Waals surface area (Å²) in [6, 6.07) is 15.9. The second kappa shape index (κ2) is 7.69. The third kappa shape index (κ3) is 3.60. The molecule has 7 heteroatoms. The van der Waals surface area contributed by atoms with Gasteiger partial charge in [0, 0.05) is 11.1 Å². The van der Waals surface area contributed by atoms with E-state index in [-0.39, 0.29) is 18.6 Å². The van der Waals surface area contributed by atoms with Gasteiger partial charge in [0.05, 0.1) is 19.8 Å². The normalized spacial score (nSPS) is 14.4. The number of hydrogen-bond donors (Lipinski definition) is 1. The van der Waals surface area contributed by atoms with Gasteiger partial charge in [-0.2, -0.15) is 10.3 Å². The molecule has 2 aromatic carbocycles. The zero-order valence-electron chi connectivity index (χ0n) is 14.8. The maximum Gasteiger partial charge on any atom is 0.361 e. The van der Waals surface area contributed by atoms with E-state index in [2.05, 4.69) is 15.4 Å². The van der Waals surface area contributed by atoms with Crippen molar-refractivity contribution in [2.75, 3.05) is 19.8 Å². The standard InChI is InChI=1S/C20H19N3O4/c1-2-25-19(24)18-17(21-23-22-18)15-7-3-13(4-8-15)14-5-9-16(10-6-14)20-26-11-12-27-20/h3-10,20H,2,11-12H2,1H3,(H,21,22,23). The number of benzene rings is 2. The fourth-order valence-electron chi connectivity index (χ4n) is 2.98. The van der Waals surface area contributed by atoms with Gasteiger partial charge in [-0.25, -0.2) is 4.79 Å². The molecular formula is C20H19N3O4. The van der Waals surface area contributed by atoms with Crippen LogP contribution in [-0.4, -0.2) is 41.2 Å². The van der Waals surface area contributed by atoms with Crippen LogP contribution < -0.4 is 0 Å². The Balaban J connectivity index is 1.54. The second-order valence-corrected chi connectivity index (χ2v) is 6.01. The molecule has 0 bridgehead atoms. The molecule has 0 atom stereocenters. The number of carbonyl (C=O) groups is 1. The van der Waals surface area contributed by atoms with Gasteiger partial charge in [0.2, 0.25) is 0 Å². The number of ether oxygens (including phenoxy) is 3. The number of rotatable bonds is 5. The van der Waals surface area contributed by atoms with Crippen LogP contribution in [0.25, 0.3) is 22.4 Å². The Morgan fingerprint density at radius 1 is 1.00 bits per heavy atom. The van der Waals surface area contributed by atoms with Gasteiger partial charge in [-0.1, -0.05) is 48.5 Å². The van der Waals surface area contributed by atoms with Crippen LogP contribution in [0.4, 0.5) is 0 Å². The minimum absolute atomic E-state index is 0.186. The quantitative estimate of drug-likeness (QED) is 0.698. The van der Waals surface area contributed by atoms with Crippen molar-refractivity contribution in [3.63, 3.8) is 0 Å². The van der Waals surface area contributed by atoms with Crippen LogP contribution in [0.15, 0.2) is 48.5 Å². The van der Waals surface area contributed by atoms with E-state index in [1.807, 2.05) is 48.5 Å². The molecule has 0 saturated carbocycles. The molecule has 1 aromatic heterocycles. The van der Waals surface area contributed by atoms with Crippen molar-refractivity contribution < 1.29 is 19.0 Å². The van der Waals surface area contributed by atoms with E-state index in [1.165, 1.54) is 0 Å². The smallest absolute Gasteiger partial charge is 0.361 e. The molecule has 2 heterocycles. The van der Waals surface area contributed by atoms with Crippen molar-refractivity contribution in [2.24, 2.45) is 0 Å². The van der Waals surface area contributed by atoms with Gasteiger partial charge in [0.25, 0.3) is 0 Å². The molecule has 1 aliphatic rings. The van der Waals surface area contributed by atoms with Crippen LogP contribution in [0.2, 0.25) is 0 Å². The predicted octanol–water partition coefficient (Wildman–Crippen LogP) is 3.36. The fraction of sp³-hybridized carbons (Fsp3) is 0.250. The third-order valence-corrected chi connectivity index (χ3v) is 4.31. The van der Waals surface area contributed by atoms with Crippen LogP contribution in [-0.2, 0) is 14.2 Å². The number of aromatic amines is 1. The third-order valence-electron chi connectivity index (χ3n) is 4.31. The molecule has 27 heavy (non-hydrogen) atoms. The lowest BCUT2D eigenvalue weighted by Gasteiger charge is -2.10. The summed E-state index contributed by atoms with van der Waals surface area (Å²) in [4.78, 5) is 12.0. The average Bonchev–Trinajstić information content (AvgIpc) is 3.41. The summed E-state index contributed by atoms with van der Waals surface area (Å²) in [5.74, 6) is -0.489. The van der Waals surface area contributed by atoms with Crippen LogP contribution in [0.3, 0.4) is 0 Å². The monoisotopic (exact) mass is 365 g/mol. The van der Waals surface area contributed by atoms with Gasteiger partial charge >= 0.3 is 5.97 Å².